The molecule has 1 saturated carbocycles. The van der Waals surface area contributed by atoms with Gasteiger partial charge in [0.2, 0.25) is 0 Å². The number of hydrogen-bond acceptors (Lipinski definition) is 3. The third-order valence-corrected chi connectivity index (χ3v) is 3.86. The molecule has 1 aromatic carbocycles. The summed E-state index contributed by atoms with van der Waals surface area (Å²) in [5.41, 5.74) is 6.41. The maximum Gasteiger partial charge on any atom is 0.251 e. The van der Waals surface area contributed by atoms with Crippen molar-refractivity contribution in [3.05, 3.63) is 28.8 Å². The quantitative estimate of drug-likeness (QED) is 0.823. The van der Waals surface area contributed by atoms with E-state index in [0.717, 1.165) is 19.3 Å². The minimum atomic E-state index is -0.173. The van der Waals surface area contributed by atoms with Gasteiger partial charge in [0.25, 0.3) is 5.91 Å². The van der Waals surface area contributed by atoms with Crippen LogP contribution in [0.5, 0.6) is 0 Å². The lowest BCUT2D eigenvalue weighted by Gasteiger charge is -2.40. The van der Waals surface area contributed by atoms with E-state index >= 15 is 0 Å². The van der Waals surface area contributed by atoms with Crippen LogP contribution in [0.15, 0.2) is 18.2 Å². The van der Waals surface area contributed by atoms with E-state index in [1.807, 2.05) is 0 Å². The lowest BCUT2D eigenvalue weighted by Crippen LogP contribution is -2.49. The summed E-state index contributed by atoms with van der Waals surface area (Å²) in [6.45, 7) is 0.532. The van der Waals surface area contributed by atoms with Crippen molar-refractivity contribution < 1.29 is 9.53 Å². The molecule has 0 unspecified atom stereocenters. The van der Waals surface area contributed by atoms with Crippen LogP contribution in [-0.4, -0.2) is 25.2 Å². The second-order valence-electron chi connectivity index (χ2n) is 4.66. The molecule has 2 rings (SSSR count). The predicted molar refractivity (Wildman–Crippen MR) is 71.8 cm³/mol. The van der Waals surface area contributed by atoms with E-state index in [9.17, 15) is 4.79 Å². The molecule has 1 aromatic rings. The third-order valence-electron chi connectivity index (χ3n) is 3.53. The SMILES string of the molecule is COC1(CNC(=O)c2ccc(N)c(Cl)c2)CCC1. The Kier molecular flexibility index (Phi) is 3.78. The van der Waals surface area contributed by atoms with Gasteiger partial charge in [0.15, 0.2) is 0 Å². The van der Waals surface area contributed by atoms with E-state index in [2.05, 4.69) is 5.32 Å². The zero-order valence-corrected chi connectivity index (χ0v) is 11.1. The molecule has 1 aliphatic carbocycles. The van der Waals surface area contributed by atoms with E-state index in [0.29, 0.717) is 22.8 Å². The van der Waals surface area contributed by atoms with Gasteiger partial charge in [-0.3, -0.25) is 4.79 Å². The number of nitrogens with two attached hydrogens (primary N) is 1. The van der Waals surface area contributed by atoms with E-state index in [4.69, 9.17) is 22.1 Å². The Bertz CT molecular complexity index is 453. The summed E-state index contributed by atoms with van der Waals surface area (Å²) >= 11 is 5.88. The van der Waals surface area contributed by atoms with Gasteiger partial charge in [0, 0.05) is 19.2 Å². The van der Waals surface area contributed by atoms with Crippen LogP contribution in [-0.2, 0) is 4.74 Å². The van der Waals surface area contributed by atoms with Crippen molar-refractivity contribution in [3.8, 4) is 0 Å². The van der Waals surface area contributed by atoms with Gasteiger partial charge in [-0.1, -0.05) is 11.6 Å². The van der Waals surface area contributed by atoms with Gasteiger partial charge < -0.3 is 15.8 Å². The number of ether oxygens (including phenoxy) is 1. The molecule has 0 saturated heterocycles. The minimum absolute atomic E-state index is 0.153. The normalized spacial score (nSPS) is 17.0. The number of nitrogen functional groups attached to an aromatic ring is 1. The van der Waals surface area contributed by atoms with Gasteiger partial charge in [-0.05, 0) is 37.5 Å². The molecule has 0 aromatic heterocycles. The predicted octanol–water partition coefficient (Wildman–Crippen LogP) is 2.22. The van der Waals surface area contributed by atoms with E-state index in [1.54, 1.807) is 25.3 Å². The fraction of sp³-hybridized carbons (Fsp3) is 0.462. The molecule has 1 amide bonds. The van der Waals surface area contributed by atoms with Crippen LogP contribution in [0.3, 0.4) is 0 Å². The summed E-state index contributed by atoms with van der Waals surface area (Å²) in [5, 5.41) is 3.27. The molecule has 3 N–H and O–H groups in total. The van der Waals surface area contributed by atoms with Crippen LogP contribution in [0, 0.1) is 0 Å². The lowest BCUT2D eigenvalue weighted by atomic mass is 9.80. The van der Waals surface area contributed by atoms with Crippen LogP contribution in [0.1, 0.15) is 29.6 Å². The molecular formula is C13H17ClN2O2. The smallest absolute Gasteiger partial charge is 0.251 e. The highest BCUT2D eigenvalue weighted by atomic mass is 35.5. The van der Waals surface area contributed by atoms with Gasteiger partial charge >= 0.3 is 0 Å². The molecule has 0 atom stereocenters. The number of hydrogen-bond donors (Lipinski definition) is 2. The second-order valence-corrected chi connectivity index (χ2v) is 5.07. The van der Waals surface area contributed by atoms with Crippen molar-refractivity contribution in [2.45, 2.75) is 24.9 Å². The monoisotopic (exact) mass is 268 g/mol. The zero-order valence-electron chi connectivity index (χ0n) is 10.3. The molecule has 5 heteroatoms. The molecule has 98 valence electrons. The number of rotatable bonds is 4. The highest BCUT2D eigenvalue weighted by Crippen LogP contribution is 2.34. The van der Waals surface area contributed by atoms with Crippen molar-refractivity contribution in [2.24, 2.45) is 0 Å². The first-order valence-electron chi connectivity index (χ1n) is 5.95. The second kappa shape index (κ2) is 5.16. The molecule has 1 fully saturated rings. The van der Waals surface area contributed by atoms with Crippen LogP contribution in [0.4, 0.5) is 5.69 Å². The lowest BCUT2D eigenvalue weighted by molar-refractivity contribution is -0.0679. The molecule has 0 bridgehead atoms. The third kappa shape index (κ3) is 2.60. The molecule has 0 heterocycles. The number of anilines is 1. The number of carbonyl (C=O) groups is 1. The highest BCUT2D eigenvalue weighted by molar-refractivity contribution is 6.33. The maximum absolute atomic E-state index is 11.9. The van der Waals surface area contributed by atoms with Crippen LogP contribution in [0.25, 0.3) is 0 Å². The largest absolute Gasteiger partial charge is 0.398 e. The fourth-order valence-corrected chi connectivity index (χ4v) is 2.22. The molecule has 0 spiro atoms. The van der Waals surface area contributed by atoms with Crippen molar-refractivity contribution in [1.29, 1.82) is 0 Å². The Morgan fingerprint density at radius 3 is 2.78 bits per heavy atom. The number of nitrogens with one attached hydrogen (secondary N) is 1. The highest BCUT2D eigenvalue weighted by Gasteiger charge is 2.37. The summed E-state index contributed by atoms with van der Waals surface area (Å²) in [6, 6.07) is 4.87. The molecule has 0 radical (unpaired) electrons. The Morgan fingerprint density at radius 1 is 1.56 bits per heavy atom. The summed E-state index contributed by atoms with van der Waals surface area (Å²) in [6.07, 6.45) is 3.13. The van der Waals surface area contributed by atoms with Gasteiger partial charge in [0.05, 0.1) is 16.3 Å². The van der Waals surface area contributed by atoms with E-state index in [-0.39, 0.29) is 11.5 Å². The molecular weight excluding hydrogens is 252 g/mol. The minimum Gasteiger partial charge on any atom is -0.398 e. The van der Waals surface area contributed by atoms with Gasteiger partial charge in [-0.25, -0.2) is 0 Å². The van der Waals surface area contributed by atoms with Gasteiger partial charge in [0.1, 0.15) is 0 Å². The zero-order chi connectivity index (χ0) is 13.2. The summed E-state index contributed by atoms with van der Waals surface area (Å²) in [7, 11) is 1.69. The Balaban J connectivity index is 1.97. The Hall–Kier alpha value is -1.26. The number of methoxy groups -OCH3 is 1. The van der Waals surface area contributed by atoms with Crippen LogP contribution in [0.2, 0.25) is 5.02 Å². The topological polar surface area (TPSA) is 64.3 Å². The molecule has 4 nitrogen and oxygen atoms in total. The standard InChI is InChI=1S/C13H17ClN2O2/c1-18-13(5-2-6-13)8-16-12(17)9-3-4-11(15)10(14)7-9/h3-4,7H,2,5-6,8,15H2,1H3,(H,16,17). The molecule has 1 aliphatic rings. The first kappa shape index (κ1) is 13.2. The number of amides is 1. The average molecular weight is 269 g/mol. The molecule has 18 heavy (non-hydrogen) atoms. The Morgan fingerprint density at radius 2 is 2.28 bits per heavy atom. The van der Waals surface area contributed by atoms with E-state index in [1.165, 1.54) is 0 Å². The van der Waals surface area contributed by atoms with Crippen LogP contribution >= 0.6 is 11.6 Å². The van der Waals surface area contributed by atoms with Crippen molar-refractivity contribution in [2.75, 3.05) is 19.4 Å². The first-order chi connectivity index (χ1) is 8.56. The fourth-order valence-electron chi connectivity index (χ4n) is 2.04. The van der Waals surface area contributed by atoms with Crippen molar-refractivity contribution in [3.63, 3.8) is 0 Å². The summed E-state index contributed by atoms with van der Waals surface area (Å²) in [4.78, 5) is 11.9. The summed E-state index contributed by atoms with van der Waals surface area (Å²) < 4.78 is 5.44. The van der Waals surface area contributed by atoms with Crippen molar-refractivity contribution in [1.82, 2.24) is 5.32 Å². The van der Waals surface area contributed by atoms with Gasteiger partial charge in [-0.15, -0.1) is 0 Å². The number of halogens is 1. The van der Waals surface area contributed by atoms with Crippen LogP contribution < -0.4 is 11.1 Å². The average Bonchev–Trinajstić information content (AvgIpc) is 2.31. The van der Waals surface area contributed by atoms with Gasteiger partial charge in [-0.2, -0.15) is 0 Å². The Labute approximate surface area is 111 Å². The number of benzene rings is 1. The molecule has 0 aliphatic heterocycles. The summed E-state index contributed by atoms with van der Waals surface area (Å²) in [5.74, 6) is -0.153. The number of carbonyl (C=O) groups excluding carboxylic acids is 1. The van der Waals surface area contributed by atoms with E-state index < -0.39 is 0 Å². The maximum atomic E-state index is 11.9. The van der Waals surface area contributed by atoms with Crippen molar-refractivity contribution >= 4 is 23.2 Å². The first-order valence-corrected chi connectivity index (χ1v) is 6.32.